The summed E-state index contributed by atoms with van der Waals surface area (Å²) in [5.41, 5.74) is 7.16. The van der Waals surface area contributed by atoms with Crippen LogP contribution in [-0.2, 0) is 11.3 Å². The molecule has 0 aliphatic carbocycles. The highest BCUT2D eigenvalue weighted by Gasteiger charge is 2.18. The number of ether oxygens (including phenoxy) is 3. The molecule has 0 radical (unpaired) electrons. The normalized spacial score (nSPS) is 10.5. The molecule has 2 aromatic carbocycles. The number of carbonyl (C=O) groups is 1. The van der Waals surface area contributed by atoms with Gasteiger partial charge in [-0.25, -0.2) is 4.68 Å². The molecular weight excluding hydrogens is 398 g/mol. The van der Waals surface area contributed by atoms with Crippen LogP contribution in [0.5, 0.6) is 17.2 Å². The third kappa shape index (κ3) is 4.52. The zero-order valence-electron chi connectivity index (χ0n) is 16.1. The van der Waals surface area contributed by atoms with Gasteiger partial charge in [0.05, 0.1) is 21.3 Å². The monoisotopic (exact) mass is 417 g/mol. The maximum atomic E-state index is 12.3. The van der Waals surface area contributed by atoms with E-state index in [0.717, 1.165) is 0 Å². The summed E-state index contributed by atoms with van der Waals surface area (Å²) in [7, 11) is 4.55. The molecule has 0 saturated heterocycles. The SMILES string of the molecule is COc1cc(-c2nc(N)n(CC(=O)Nc3ccc(Cl)cc3)n2)cc(OC)c1OC. The summed E-state index contributed by atoms with van der Waals surface area (Å²) in [4.78, 5) is 16.5. The van der Waals surface area contributed by atoms with E-state index in [4.69, 9.17) is 31.5 Å². The average Bonchev–Trinajstić information content (AvgIpc) is 3.08. The predicted octanol–water partition coefficient (Wildman–Crippen LogP) is 2.85. The molecule has 3 N–H and O–H groups in total. The van der Waals surface area contributed by atoms with Crippen LogP contribution in [-0.4, -0.2) is 42.0 Å². The van der Waals surface area contributed by atoms with Crippen molar-refractivity contribution in [2.75, 3.05) is 32.4 Å². The fourth-order valence-corrected chi connectivity index (χ4v) is 2.80. The maximum Gasteiger partial charge on any atom is 0.246 e. The zero-order chi connectivity index (χ0) is 21.0. The number of halogens is 1. The number of carbonyl (C=O) groups excluding carboxylic acids is 1. The number of anilines is 2. The number of nitrogens with one attached hydrogen (secondary N) is 1. The lowest BCUT2D eigenvalue weighted by Gasteiger charge is -2.12. The number of nitrogens with two attached hydrogens (primary N) is 1. The van der Waals surface area contributed by atoms with Crippen molar-refractivity contribution in [3.05, 3.63) is 41.4 Å². The number of rotatable bonds is 7. The summed E-state index contributed by atoms with van der Waals surface area (Å²) in [5.74, 6) is 1.48. The van der Waals surface area contributed by atoms with Crippen LogP contribution in [0, 0.1) is 0 Å². The van der Waals surface area contributed by atoms with Gasteiger partial charge < -0.3 is 25.3 Å². The van der Waals surface area contributed by atoms with Gasteiger partial charge in [-0.3, -0.25) is 4.79 Å². The third-order valence-corrected chi connectivity index (χ3v) is 4.30. The fourth-order valence-electron chi connectivity index (χ4n) is 2.67. The van der Waals surface area contributed by atoms with E-state index in [1.54, 1.807) is 36.4 Å². The summed E-state index contributed by atoms with van der Waals surface area (Å²) in [5, 5.41) is 7.66. The largest absolute Gasteiger partial charge is 0.493 e. The van der Waals surface area contributed by atoms with Crippen molar-refractivity contribution in [1.29, 1.82) is 0 Å². The summed E-state index contributed by atoms with van der Waals surface area (Å²) in [6.07, 6.45) is 0. The van der Waals surface area contributed by atoms with Crippen molar-refractivity contribution >= 4 is 29.1 Å². The van der Waals surface area contributed by atoms with Crippen LogP contribution in [0.15, 0.2) is 36.4 Å². The second-order valence-electron chi connectivity index (χ2n) is 5.92. The van der Waals surface area contributed by atoms with Crippen LogP contribution >= 0.6 is 11.6 Å². The van der Waals surface area contributed by atoms with Crippen molar-refractivity contribution in [3.63, 3.8) is 0 Å². The molecule has 1 aromatic heterocycles. The second kappa shape index (κ2) is 8.70. The number of hydrogen-bond donors (Lipinski definition) is 2. The Hall–Kier alpha value is -3.46. The molecule has 3 rings (SSSR count). The van der Waals surface area contributed by atoms with Crippen LogP contribution in [0.3, 0.4) is 0 Å². The Morgan fingerprint density at radius 3 is 2.28 bits per heavy atom. The number of methoxy groups -OCH3 is 3. The molecular formula is C19H20ClN5O4. The molecule has 0 bridgehead atoms. The van der Waals surface area contributed by atoms with Gasteiger partial charge in [0.15, 0.2) is 17.3 Å². The molecule has 10 heteroatoms. The van der Waals surface area contributed by atoms with Gasteiger partial charge in [0.2, 0.25) is 17.6 Å². The average molecular weight is 418 g/mol. The van der Waals surface area contributed by atoms with E-state index in [0.29, 0.717) is 39.3 Å². The molecule has 0 aliphatic rings. The summed E-state index contributed by atoms with van der Waals surface area (Å²) < 4.78 is 17.3. The van der Waals surface area contributed by atoms with Crippen LogP contribution in [0.4, 0.5) is 11.6 Å². The van der Waals surface area contributed by atoms with E-state index >= 15 is 0 Å². The minimum atomic E-state index is -0.305. The van der Waals surface area contributed by atoms with Crippen molar-refractivity contribution < 1.29 is 19.0 Å². The highest BCUT2D eigenvalue weighted by Crippen LogP contribution is 2.40. The van der Waals surface area contributed by atoms with E-state index in [2.05, 4.69) is 15.4 Å². The molecule has 3 aromatic rings. The van der Waals surface area contributed by atoms with E-state index in [-0.39, 0.29) is 18.4 Å². The molecule has 29 heavy (non-hydrogen) atoms. The maximum absolute atomic E-state index is 12.3. The Morgan fingerprint density at radius 2 is 1.72 bits per heavy atom. The summed E-state index contributed by atoms with van der Waals surface area (Å²) in [6.45, 7) is -0.105. The van der Waals surface area contributed by atoms with Gasteiger partial charge in [0.1, 0.15) is 6.54 Å². The van der Waals surface area contributed by atoms with Gasteiger partial charge in [-0.1, -0.05) is 11.6 Å². The van der Waals surface area contributed by atoms with Gasteiger partial charge in [0, 0.05) is 16.3 Å². The molecule has 152 valence electrons. The fraction of sp³-hybridized carbons (Fsp3) is 0.211. The second-order valence-corrected chi connectivity index (χ2v) is 6.36. The molecule has 9 nitrogen and oxygen atoms in total. The highest BCUT2D eigenvalue weighted by molar-refractivity contribution is 6.30. The Bertz CT molecular complexity index is 995. The molecule has 0 unspecified atom stereocenters. The first kappa shape index (κ1) is 20.3. The van der Waals surface area contributed by atoms with Crippen LogP contribution in [0.25, 0.3) is 11.4 Å². The van der Waals surface area contributed by atoms with Crippen LogP contribution in [0.1, 0.15) is 0 Å². The number of benzene rings is 2. The summed E-state index contributed by atoms with van der Waals surface area (Å²) in [6, 6.07) is 10.2. The smallest absolute Gasteiger partial charge is 0.246 e. The van der Waals surface area contributed by atoms with Gasteiger partial charge in [0.25, 0.3) is 0 Å². The first-order valence-corrected chi connectivity index (χ1v) is 8.89. The molecule has 0 spiro atoms. The molecule has 0 aliphatic heterocycles. The van der Waals surface area contributed by atoms with Crippen molar-refractivity contribution in [3.8, 4) is 28.6 Å². The van der Waals surface area contributed by atoms with Gasteiger partial charge >= 0.3 is 0 Å². The lowest BCUT2D eigenvalue weighted by atomic mass is 10.1. The lowest BCUT2D eigenvalue weighted by Crippen LogP contribution is -2.20. The van der Waals surface area contributed by atoms with Gasteiger partial charge in [-0.05, 0) is 36.4 Å². The molecule has 0 fully saturated rings. The van der Waals surface area contributed by atoms with Crippen molar-refractivity contribution in [1.82, 2.24) is 14.8 Å². The predicted molar refractivity (Wildman–Crippen MR) is 110 cm³/mol. The Morgan fingerprint density at radius 1 is 1.10 bits per heavy atom. The van der Waals surface area contributed by atoms with E-state index < -0.39 is 0 Å². The minimum absolute atomic E-state index is 0.0972. The number of nitrogen functional groups attached to an aromatic ring is 1. The van der Waals surface area contributed by atoms with Gasteiger partial charge in [-0.2, -0.15) is 4.98 Å². The Balaban J connectivity index is 1.83. The number of aromatic nitrogens is 3. The molecule has 0 saturated carbocycles. The number of hydrogen-bond acceptors (Lipinski definition) is 7. The lowest BCUT2D eigenvalue weighted by molar-refractivity contribution is -0.116. The van der Waals surface area contributed by atoms with Crippen LogP contribution < -0.4 is 25.3 Å². The molecule has 0 atom stereocenters. The quantitative estimate of drug-likeness (QED) is 0.607. The third-order valence-electron chi connectivity index (χ3n) is 4.04. The highest BCUT2D eigenvalue weighted by atomic mass is 35.5. The standard InChI is InChI=1S/C19H20ClN5O4/c1-27-14-8-11(9-15(28-2)17(14)29-3)18-23-19(21)25(24-18)10-16(26)22-13-6-4-12(20)5-7-13/h4-9H,10H2,1-3H3,(H,22,26)(H2,21,23,24). The van der Waals surface area contributed by atoms with Crippen molar-refractivity contribution in [2.45, 2.75) is 6.54 Å². The molecule has 1 heterocycles. The van der Waals surface area contributed by atoms with E-state index in [1.165, 1.54) is 26.0 Å². The van der Waals surface area contributed by atoms with E-state index in [1.807, 2.05) is 0 Å². The zero-order valence-corrected chi connectivity index (χ0v) is 16.9. The minimum Gasteiger partial charge on any atom is -0.493 e. The van der Waals surface area contributed by atoms with Gasteiger partial charge in [-0.15, -0.1) is 5.10 Å². The Labute approximate surface area is 172 Å². The topological polar surface area (TPSA) is 114 Å². The van der Waals surface area contributed by atoms with Crippen molar-refractivity contribution in [2.24, 2.45) is 0 Å². The molecule has 1 amide bonds. The van der Waals surface area contributed by atoms with E-state index in [9.17, 15) is 4.79 Å². The number of amides is 1. The van der Waals surface area contributed by atoms with Crippen LogP contribution in [0.2, 0.25) is 5.02 Å². The number of nitrogens with zero attached hydrogens (tertiary/aromatic N) is 3. The first-order chi connectivity index (χ1) is 13.9. The Kier molecular flexibility index (Phi) is 6.08. The summed E-state index contributed by atoms with van der Waals surface area (Å²) >= 11 is 5.84. The first-order valence-electron chi connectivity index (χ1n) is 8.51.